The molecule has 0 saturated carbocycles. The van der Waals surface area contributed by atoms with Gasteiger partial charge >= 0.3 is 12.1 Å². The molecule has 9 nitrogen and oxygen atoms in total. The van der Waals surface area contributed by atoms with Crippen LogP contribution in [0.2, 0.25) is 0 Å². The summed E-state index contributed by atoms with van der Waals surface area (Å²) in [6.07, 6.45) is 0.185. The molecule has 0 saturated heterocycles. The van der Waals surface area contributed by atoms with E-state index in [-0.39, 0.29) is 12.5 Å². The van der Waals surface area contributed by atoms with Crippen molar-refractivity contribution in [3.05, 3.63) is 40.4 Å². The molecular weight excluding hydrogens is 396 g/mol. The summed E-state index contributed by atoms with van der Waals surface area (Å²) in [5, 5.41) is 5.95. The molecule has 0 unspecified atom stereocenters. The maximum atomic E-state index is 12.4. The van der Waals surface area contributed by atoms with E-state index < -0.39 is 12.1 Å². The van der Waals surface area contributed by atoms with Crippen LogP contribution in [0.4, 0.5) is 15.6 Å². The highest BCUT2D eigenvalue weighted by molar-refractivity contribution is 7.15. The van der Waals surface area contributed by atoms with E-state index in [9.17, 15) is 14.4 Å². The SMILES string of the molecule is CCOC(=O)Nc1nc2c(s1)CN(CC(=O)Nc1ccc(C(=O)OC)cc1)CC2. The van der Waals surface area contributed by atoms with Gasteiger partial charge in [-0.1, -0.05) is 11.3 Å². The monoisotopic (exact) mass is 418 g/mol. The number of hydrogen-bond donors (Lipinski definition) is 2. The van der Waals surface area contributed by atoms with E-state index in [0.29, 0.717) is 42.5 Å². The standard InChI is InChI=1S/C19H22N4O5S/c1-3-28-19(26)22-18-21-14-8-9-23(10-15(14)29-18)11-16(24)20-13-6-4-12(5-7-13)17(25)27-2/h4-7H,3,8-11H2,1-2H3,(H,20,24)(H,21,22,26). The Morgan fingerprint density at radius 1 is 1.21 bits per heavy atom. The lowest BCUT2D eigenvalue weighted by Crippen LogP contribution is -2.36. The van der Waals surface area contributed by atoms with Crippen molar-refractivity contribution in [1.82, 2.24) is 9.88 Å². The molecule has 2 N–H and O–H groups in total. The van der Waals surface area contributed by atoms with E-state index >= 15 is 0 Å². The molecule has 0 aliphatic carbocycles. The first-order valence-electron chi connectivity index (χ1n) is 9.11. The molecule has 0 atom stereocenters. The Balaban J connectivity index is 1.53. The van der Waals surface area contributed by atoms with Gasteiger partial charge in [-0.15, -0.1) is 0 Å². The Hall–Kier alpha value is -2.98. The number of esters is 1. The second kappa shape index (κ2) is 9.48. The largest absolute Gasteiger partial charge is 0.465 e. The molecule has 10 heteroatoms. The van der Waals surface area contributed by atoms with Gasteiger partial charge in [0.1, 0.15) is 0 Å². The molecule has 29 heavy (non-hydrogen) atoms. The fraction of sp³-hybridized carbons (Fsp3) is 0.368. The first-order chi connectivity index (χ1) is 14.0. The minimum atomic E-state index is -0.520. The van der Waals surface area contributed by atoms with Gasteiger partial charge in [-0.25, -0.2) is 14.6 Å². The van der Waals surface area contributed by atoms with Gasteiger partial charge in [0.15, 0.2) is 5.13 Å². The first kappa shape index (κ1) is 20.7. The van der Waals surface area contributed by atoms with E-state index in [1.54, 1.807) is 31.2 Å². The number of amides is 2. The molecule has 1 aliphatic heterocycles. The van der Waals surface area contributed by atoms with Gasteiger partial charge in [-0.2, -0.15) is 0 Å². The van der Waals surface area contributed by atoms with E-state index in [2.05, 4.69) is 20.4 Å². The van der Waals surface area contributed by atoms with Crippen LogP contribution in [0.1, 0.15) is 27.9 Å². The highest BCUT2D eigenvalue weighted by atomic mass is 32.1. The average Bonchev–Trinajstić information content (AvgIpc) is 3.09. The number of carbonyl (C=O) groups is 3. The van der Waals surface area contributed by atoms with Crippen molar-refractivity contribution in [2.45, 2.75) is 19.9 Å². The lowest BCUT2D eigenvalue weighted by atomic mass is 10.2. The summed E-state index contributed by atoms with van der Waals surface area (Å²) in [7, 11) is 1.32. The summed E-state index contributed by atoms with van der Waals surface area (Å²) in [5.74, 6) is -0.568. The minimum Gasteiger partial charge on any atom is -0.465 e. The van der Waals surface area contributed by atoms with Crippen molar-refractivity contribution in [2.24, 2.45) is 0 Å². The van der Waals surface area contributed by atoms with Crippen LogP contribution >= 0.6 is 11.3 Å². The Morgan fingerprint density at radius 2 is 1.97 bits per heavy atom. The number of thiazole rings is 1. The number of methoxy groups -OCH3 is 1. The lowest BCUT2D eigenvalue weighted by molar-refractivity contribution is -0.117. The summed E-state index contributed by atoms with van der Waals surface area (Å²) < 4.78 is 9.52. The van der Waals surface area contributed by atoms with Crippen molar-refractivity contribution in [1.29, 1.82) is 0 Å². The van der Waals surface area contributed by atoms with Crippen LogP contribution < -0.4 is 10.6 Å². The molecule has 1 aromatic heterocycles. The molecule has 2 amide bonds. The Kier molecular flexibility index (Phi) is 6.78. The summed E-state index contributed by atoms with van der Waals surface area (Å²) in [4.78, 5) is 42.8. The number of rotatable bonds is 6. The van der Waals surface area contributed by atoms with Gasteiger partial charge in [0, 0.05) is 30.1 Å². The highest BCUT2D eigenvalue weighted by Crippen LogP contribution is 2.28. The molecule has 0 spiro atoms. The molecule has 1 aliphatic rings. The molecule has 0 radical (unpaired) electrons. The Labute approximate surface area is 172 Å². The van der Waals surface area contributed by atoms with Crippen LogP contribution in [0, 0.1) is 0 Å². The number of anilines is 2. The van der Waals surface area contributed by atoms with Crippen LogP contribution in [-0.2, 0) is 27.2 Å². The molecule has 154 valence electrons. The van der Waals surface area contributed by atoms with Crippen LogP contribution in [0.3, 0.4) is 0 Å². The zero-order valence-corrected chi connectivity index (χ0v) is 17.0. The van der Waals surface area contributed by atoms with E-state index in [1.165, 1.54) is 18.4 Å². The molecule has 2 aromatic rings. The van der Waals surface area contributed by atoms with Gasteiger partial charge in [-0.05, 0) is 31.2 Å². The fourth-order valence-corrected chi connectivity index (χ4v) is 3.94. The van der Waals surface area contributed by atoms with Crippen molar-refractivity contribution in [3.63, 3.8) is 0 Å². The summed E-state index contributed by atoms with van der Waals surface area (Å²) in [5.41, 5.74) is 1.97. The minimum absolute atomic E-state index is 0.145. The second-order valence-corrected chi connectivity index (χ2v) is 7.40. The van der Waals surface area contributed by atoms with Crippen molar-refractivity contribution < 1.29 is 23.9 Å². The molecule has 1 aromatic carbocycles. The number of benzene rings is 1. The molecule has 0 bridgehead atoms. The van der Waals surface area contributed by atoms with Gasteiger partial charge in [0.25, 0.3) is 0 Å². The third-order valence-electron chi connectivity index (χ3n) is 4.25. The maximum Gasteiger partial charge on any atom is 0.413 e. The van der Waals surface area contributed by atoms with Crippen molar-refractivity contribution in [2.75, 3.05) is 37.4 Å². The van der Waals surface area contributed by atoms with E-state index in [0.717, 1.165) is 10.6 Å². The first-order valence-corrected chi connectivity index (χ1v) is 9.93. The molecule has 2 heterocycles. The van der Waals surface area contributed by atoms with Crippen molar-refractivity contribution >= 4 is 40.1 Å². The quantitative estimate of drug-likeness (QED) is 0.694. The maximum absolute atomic E-state index is 12.4. The van der Waals surface area contributed by atoms with Gasteiger partial charge in [0.05, 0.1) is 31.5 Å². The third kappa shape index (κ3) is 5.52. The summed E-state index contributed by atoms with van der Waals surface area (Å²) in [6, 6.07) is 6.53. The number of aromatic nitrogens is 1. The average molecular weight is 418 g/mol. The number of carbonyl (C=O) groups excluding carboxylic acids is 3. The Morgan fingerprint density at radius 3 is 2.66 bits per heavy atom. The highest BCUT2D eigenvalue weighted by Gasteiger charge is 2.23. The number of fused-ring (bicyclic) bond motifs is 1. The smallest absolute Gasteiger partial charge is 0.413 e. The third-order valence-corrected chi connectivity index (χ3v) is 5.25. The molecular formula is C19H22N4O5S. The van der Waals surface area contributed by atoms with Gasteiger partial charge < -0.3 is 14.8 Å². The second-order valence-electron chi connectivity index (χ2n) is 6.31. The molecule has 0 fully saturated rings. The summed E-state index contributed by atoms with van der Waals surface area (Å²) >= 11 is 1.39. The molecule has 3 rings (SSSR count). The van der Waals surface area contributed by atoms with Gasteiger partial charge in [-0.3, -0.25) is 15.0 Å². The van der Waals surface area contributed by atoms with Crippen LogP contribution in [-0.4, -0.2) is 54.7 Å². The normalized spacial score (nSPS) is 13.3. The van der Waals surface area contributed by atoms with Crippen molar-refractivity contribution in [3.8, 4) is 0 Å². The zero-order valence-electron chi connectivity index (χ0n) is 16.2. The predicted octanol–water partition coefficient (Wildman–Crippen LogP) is 2.49. The topological polar surface area (TPSA) is 110 Å². The van der Waals surface area contributed by atoms with E-state index in [4.69, 9.17) is 4.74 Å². The number of ether oxygens (including phenoxy) is 2. The van der Waals surface area contributed by atoms with Gasteiger partial charge in [0.2, 0.25) is 5.91 Å². The van der Waals surface area contributed by atoms with Crippen LogP contribution in [0.15, 0.2) is 24.3 Å². The number of nitrogens with one attached hydrogen (secondary N) is 2. The van der Waals surface area contributed by atoms with Crippen LogP contribution in [0.5, 0.6) is 0 Å². The predicted molar refractivity (Wildman–Crippen MR) is 108 cm³/mol. The zero-order chi connectivity index (χ0) is 20.8. The Bertz CT molecular complexity index is 897. The number of nitrogens with zero attached hydrogens (tertiary/aromatic N) is 2. The van der Waals surface area contributed by atoms with E-state index in [1.807, 2.05) is 4.90 Å². The number of hydrogen-bond acceptors (Lipinski definition) is 8. The van der Waals surface area contributed by atoms with Crippen LogP contribution in [0.25, 0.3) is 0 Å². The summed E-state index contributed by atoms with van der Waals surface area (Å²) in [6.45, 7) is 3.56. The fourth-order valence-electron chi connectivity index (χ4n) is 2.90. The lowest BCUT2D eigenvalue weighted by Gasteiger charge is -2.25.